The number of imidazole rings is 1. The van der Waals surface area contributed by atoms with Gasteiger partial charge in [0.25, 0.3) is 0 Å². The Morgan fingerprint density at radius 3 is 2.75 bits per heavy atom. The van der Waals surface area contributed by atoms with Crippen LogP contribution in [0, 0.1) is 18.3 Å². The summed E-state index contributed by atoms with van der Waals surface area (Å²) in [5, 5.41) is 18.5. The molecule has 0 saturated heterocycles. The molecule has 0 amide bonds. The number of fused-ring (bicyclic) bond motifs is 2. The second kappa shape index (κ2) is 8.71. The minimum absolute atomic E-state index is 0.289. The Morgan fingerprint density at radius 2 is 1.94 bits per heavy atom. The summed E-state index contributed by atoms with van der Waals surface area (Å²) in [7, 11) is 1.65. The molecule has 0 spiro atoms. The Hall–Kier alpha value is -4.90. The van der Waals surface area contributed by atoms with Crippen LogP contribution in [0.5, 0.6) is 11.5 Å². The molecule has 1 aliphatic rings. The van der Waals surface area contributed by atoms with Crippen LogP contribution in [0.4, 0.5) is 0 Å². The molecule has 0 radical (unpaired) electrons. The first-order chi connectivity index (χ1) is 17.6. The van der Waals surface area contributed by atoms with Crippen molar-refractivity contribution in [2.24, 2.45) is 0 Å². The van der Waals surface area contributed by atoms with E-state index in [0.29, 0.717) is 23.6 Å². The van der Waals surface area contributed by atoms with Crippen LogP contribution < -0.4 is 9.47 Å². The molecule has 0 N–H and O–H groups in total. The van der Waals surface area contributed by atoms with Crippen LogP contribution in [0.3, 0.4) is 0 Å². The Kier molecular flexibility index (Phi) is 5.23. The first kappa shape index (κ1) is 21.6. The average molecular weight is 475 g/mol. The fourth-order valence-electron chi connectivity index (χ4n) is 4.64. The molecule has 1 unspecified atom stereocenters. The fraction of sp³-hybridized carbons (Fsp3) is 0.143. The van der Waals surface area contributed by atoms with Gasteiger partial charge in [-0.2, -0.15) is 5.26 Å². The lowest BCUT2D eigenvalue weighted by atomic mass is 9.94. The Bertz CT molecular complexity index is 1630. The second-order valence-corrected chi connectivity index (χ2v) is 8.65. The molecule has 8 heteroatoms. The quantitative estimate of drug-likeness (QED) is 0.370. The number of nitriles is 1. The molecule has 0 bridgehead atoms. The second-order valence-electron chi connectivity index (χ2n) is 8.65. The Labute approximate surface area is 208 Å². The van der Waals surface area contributed by atoms with Crippen molar-refractivity contribution in [2.45, 2.75) is 19.6 Å². The average Bonchev–Trinajstić information content (AvgIpc) is 3.54. The summed E-state index contributed by atoms with van der Waals surface area (Å²) in [5.41, 5.74) is 6.97. The lowest BCUT2D eigenvalue weighted by molar-refractivity contribution is 0.306. The molecule has 5 aromatic rings. The standard InChI is InChI=1S/C28H22N6O2/c1-18-14-33(17-30-18)25-9-8-20(12-27(25)35-2)24-15-34(32-31-24)28-22-6-4-3-5-21(22)16-36-26-10-7-19(13-29)11-23(26)28/h3-12,14-15,17,28H,16H2,1-2H3. The number of methoxy groups -OCH3 is 1. The van der Waals surface area contributed by atoms with Crippen molar-refractivity contribution in [3.05, 3.63) is 107 Å². The topological polar surface area (TPSA) is 90.8 Å². The zero-order valence-corrected chi connectivity index (χ0v) is 19.8. The first-order valence-electron chi connectivity index (χ1n) is 11.5. The molecule has 0 fully saturated rings. The molecule has 2 aromatic heterocycles. The van der Waals surface area contributed by atoms with E-state index in [9.17, 15) is 5.26 Å². The summed E-state index contributed by atoms with van der Waals surface area (Å²) >= 11 is 0. The van der Waals surface area contributed by atoms with E-state index in [0.717, 1.165) is 39.4 Å². The maximum absolute atomic E-state index is 9.53. The minimum Gasteiger partial charge on any atom is -0.495 e. The Balaban J connectivity index is 1.45. The predicted octanol–water partition coefficient (Wildman–Crippen LogP) is 4.85. The van der Waals surface area contributed by atoms with Crippen molar-refractivity contribution in [1.82, 2.24) is 24.5 Å². The molecule has 0 saturated carbocycles. The van der Waals surface area contributed by atoms with Gasteiger partial charge in [-0.1, -0.05) is 35.5 Å². The van der Waals surface area contributed by atoms with Gasteiger partial charge in [-0.05, 0) is 48.4 Å². The number of ether oxygens (including phenoxy) is 2. The zero-order valence-electron chi connectivity index (χ0n) is 19.8. The van der Waals surface area contributed by atoms with Crippen molar-refractivity contribution in [3.63, 3.8) is 0 Å². The summed E-state index contributed by atoms with van der Waals surface area (Å²) in [6.07, 6.45) is 5.64. The first-order valence-corrected chi connectivity index (χ1v) is 11.5. The van der Waals surface area contributed by atoms with Gasteiger partial charge in [0.05, 0.1) is 42.6 Å². The van der Waals surface area contributed by atoms with Gasteiger partial charge in [0, 0.05) is 17.3 Å². The van der Waals surface area contributed by atoms with Crippen molar-refractivity contribution in [2.75, 3.05) is 7.11 Å². The summed E-state index contributed by atoms with van der Waals surface area (Å²) in [6, 6.07) is 21.5. The summed E-state index contributed by atoms with van der Waals surface area (Å²) in [5.74, 6) is 1.44. The van der Waals surface area contributed by atoms with Crippen molar-refractivity contribution in [1.29, 1.82) is 5.26 Å². The van der Waals surface area contributed by atoms with E-state index >= 15 is 0 Å². The smallest absolute Gasteiger partial charge is 0.143 e. The molecule has 8 nitrogen and oxygen atoms in total. The number of aromatic nitrogens is 5. The monoisotopic (exact) mass is 474 g/mol. The van der Waals surface area contributed by atoms with E-state index in [1.807, 2.05) is 71.0 Å². The largest absolute Gasteiger partial charge is 0.495 e. The van der Waals surface area contributed by atoms with Gasteiger partial charge in [0.15, 0.2) is 0 Å². The van der Waals surface area contributed by atoms with Crippen molar-refractivity contribution in [3.8, 4) is 34.5 Å². The van der Waals surface area contributed by atoms with Crippen molar-refractivity contribution >= 4 is 0 Å². The maximum Gasteiger partial charge on any atom is 0.143 e. The van der Waals surface area contributed by atoms with Gasteiger partial charge in [-0.15, -0.1) is 5.10 Å². The minimum atomic E-state index is -0.289. The summed E-state index contributed by atoms with van der Waals surface area (Å²) in [6.45, 7) is 2.39. The molecular formula is C28H22N6O2. The van der Waals surface area contributed by atoms with Crippen molar-refractivity contribution < 1.29 is 9.47 Å². The molecule has 176 valence electrons. The highest BCUT2D eigenvalue weighted by atomic mass is 16.5. The van der Waals surface area contributed by atoms with Gasteiger partial charge in [0.1, 0.15) is 29.8 Å². The van der Waals surface area contributed by atoms with Crippen LogP contribution in [0.25, 0.3) is 16.9 Å². The number of nitrogens with zero attached hydrogens (tertiary/aromatic N) is 6. The van der Waals surface area contributed by atoms with E-state index in [-0.39, 0.29) is 6.04 Å². The highest BCUT2D eigenvalue weighted by molar-refractivity contribution is 5.65. The number of benzene rings is 3. The number of hydrogen-bond acceptors (Lipinski definition) is 6. The molecule has 36 heavy (non-hydrogen) atoms. The number of rotatable bonds is 4. The van der Waals surface area contributed by atoms with Gasteiger partial charge >= 0.3 is 0 Å². The molecule has 0 aliphatic carbocycles. The van der Waals surface area contributed by atoms with Crippen LogP contribution in [0.1, 0.15) is 34.0 Å². The van der Waals surface area contributed by atoms with E-state index in [4.69, 9.17) is 9.47 Å². The highest BCUT2D eigenvalue weighted by Gasteiger charge is 2.28. The third kappa shape index (κ3) is 3.67. The van der Waals surface area contributed by atoms with Gasteiger partial charge < -0.3 is 14.0 Å². The normalized spacial score (nSPS) is 14.2. The Morgan fingerprint density at radius 1 is 1.06 bits per heavy atom. The molecule has 3 heterocycles. The van der Waals surface area contributed by atoms with Crippen LogP contribution in [0.2, 0.25) is 0 Å². The summed E-state index contributed by atoms with van der Waals surface area (Å²) < 4.78 is 15.6. The number of hydrogen-bond donors (Lipinski definition) is 0. The highest BCUT2D eigenvalue weighted by Crippen LogP contribution is 2.39. The zero-order chi connectivity index (χ0) is 24.6. The van der Waals surface area contributed by atoms with Crippen LogP contribution in [-0.4, -0.2) is 31.7 Å². The molecule has 1 aliphatic heterocycles. The molecule has 3 aromatic carbocycles. The maximum atomic E-state index is 9.53. The van der Waals surface area contributed by atoms with Crippen LogP contribution in [-0.2, 0) is 6.61 Å². The fourth-order valence-corrected chi connectivity index (χ4v) is 4.64. The number of aryl methyl sites for hydroxylation is 1. The molecular weight excluding hydrogens is 452 g/mol. The SMILES string of the molecule is COc1cc(-c2cn(C3c4ccccc4COc4ccc(C#N)cc43)nn2)ccc1-n1cnc(C)c1. The van der Waals surface area contributed by atoms with E-state index in [2.05, 4.69) is 33.5 Å². The van der Waals surface area contributed by atoms with Gasteiger partial charge in [-0.3, -0.25) is 0 Å². The van der Waals surface area contributed by atoms with E-state index < -0.39 is 0 Å². The lowest BCUT2D eigenvalue weighted by Gasteiger charge is -2.19. The summed E-state index contributed by atoms with van der Waals surface area (Å²) in [4.78, 5) is 4.31. The van der Waals surface area contributed by atoms with E-state index in [1.165, 1.54) is 0 Å². The van der Waals surface area contributed by atoms with Gasteiger partial charge in [-0.25, -0.2) is 9.67 Å². The van der Waals surface area contributed by atoms with Gasteiger partial charge in [0.2, 0.25) is 0 Å². The third-order valence-electron chi connectivity index (χ3n) is 6.41. The molecule has 1 atom stereocenters. The van der Waals surface area contributed by atoms with E-state index in [1.54, 1.807) is 19.5 Å². The van der Waals surface area contributed by atoms with Crippen LogP contribution in [0.15, 0.2) is 79.4 Å². The molecule has 6 rings (SSSR count). The lowest BCUT2D eigenvalue weighted by Crippen LogP contribution is -2.14. The van der Waals surface area contributed by atoms with Crippen LogP contribution >= 0.6 is 0 Å². The third-order valence-corrected chi connectivity index (χ3v) is 6.41. The predicted molar refractivity (Wildman–Crippen MR) is 133 cm³/mol.